The molecule has 0 aromatic rings. The van der Waals surface area contributed by atoms with Crippen LogP contribution in [0.4, 0.5) is 4.79 Å². The summed E-state index contributed by atoms with van der Waals surface area (Å²) in [5.74, 6) is -1.76. The minimum atomic E-state index is -3.11. The number of carbonyl (C=O) groups excluding carboxylic acids is 2. The fourth-order valence-corrected chi connectivity index (χ4v) is 5.35. The predicted molar refractivity (Wildman–Crippen MR) is 81.0 cm³/mol. The second-order valence-corrected chi connectivity index (χ2v) is 8.95. The topological polar surface area (TPSA) is 121 Å². The Kier molecular flexibility index (Phi) is 4.18. The second kappa shape index (κ2) is 5.91. The first kappa shape index (κ1) is 17.0. The van der Waals surface area contributed by atoms with Crippen molar-refractivity contribution in [1.29, 1.82) is 0 Å². The molecule has 3 saturated heterocycles. The zero-order valence-corrected chi connectivity index (χ0v) is 14.0. The molecule has 3 rings (SSSR count). The Morgan fingerprint density at radius 1 is 1.29 bits per heavy atom. The number of amides is 2. The van der Waals surface area contributed by atoms with Gasteiger partial charge < -0.3 is 14.7 Å². The van der Waals surface area contributed by atoms with E-state index >= 15 is 0 Å². The van der Waals surface area contributed by atoms with Gasteiger partial charge in [-0.25, -0.2) is 13.2 Å². The molecule has 1 N–H and O–H groups in total. The molecule has 0 aliphatic carbocycles. The van der Waals surface area contributed by atoms with E-state index in [2.05, 4.69) is 0 Å². The van der Waals surface area contributed by atoms with Gasteiger partial charge in [0.2, 0.25) is 5.91 Å². The van der Waals surface area contributed by atoms with Gasteiger partial charge in [-0.05, 0) is 6.42 Å². The Morgan fingerprint density at radius 2 is 1.96 bits per heavy atom. The first-order valence-electron chi connectivity index (χ1n) is 7.89. The summed E-state index contributed by atoms with van der Waals surface area (Å²) in [7, 11) is -3.11. The molecule has 0 bridgehead atoms. The standard InChI is InChI=1S/C14H20N2O7S/c17-11(18)7-16-9-14(23-13(16)20)2-4-15(5-3-14)12(19)10-1-6-24(21,22)8-10/h10H,1-9H2,(H,17,18)/t10-/m0/s1. The SMILES string of the molecule is O=C(O)CN1CC2(CCN(C(=O)[C@H]3CCS(=O)(=O)C3)CC2)OC1=O. The minimum Gasteiger partial charge on any atom is -0.480 e. The molecule has 3 fully saturated rings. The lowest BCUT2D eigenvalue weighted by molar-refractivity contribution is -0.138. The number of piperidine rings is 1. The lowest BCUT2D eigenvalue weighted by Crippen LogP contribution is -2.50. The number of hydrogen-bond acceptors (Lipinski definition) is 6. The highest BCUT2D eigenvalue weighted by atomic mass is 32.2. The molecule has 1 spiro atoms. The summed E-state index contributed by atoms with van der Waals surface area (Å²) in [6, 6.07) is 0. The summed E-state index contributed by atoms with van der Waals surface area (Å²) < 4.78 is 28.4. The molecule has 10 heteroatoms. The van der Waals surface area contributed by atoms with Crippen molar-refractivity contribution in [2.24, 2.45) is 5.92 Å². The van der Waals surface area contributed by atoms with Crippen molar-refractivity contribution in [3.8, 4) is 0 Å². The summed E-state index contributed by atoms with van der Waals surface area (Å²) in [5, 5.41) is 8.81. The predicted octanol–water partition coefficient (Wildman–Crippen LogP) is -0.681. The van der Waals surface area contributed by atoms with Crippen LogP contribution in [0, 0.1) is 5.92 Å². The maximum Gasteiger partial charge on any atom is 0.411 e. The van der Waals surface area contributed by atoms with Crippen molar-refractivity contribution in [2.75, 3.05) is 37.7 Å². The van der Waals surface area contributed by atoms with Gasteiger partial charge in [0.1, 0.15) is 12.1 Å². The number of ether oxygens (including phenoxy) is 1. The van der Waals surface area contributed by atoms with Gasteiger partial charge >= 0.3 is 12.1 Å². The molecule has 3 heterocycles. The summed E-state index contributed by atoms with van der Waals surface area (Å²) in [6.45, 7) is 0.564. The number of nitrogens with zero attached hydrogens (tertiary/aromatic N) is 2. The van der Waals surface area contributed by atoms with Crippen molar-refractivity contribution >= 4 is 27.8 Å². The van der Waals surface area contributed by atoms with E-state index in [1.807, 2.05) is 0 Å². The fraction of sp³-hybridized carbons (Fsp3) is 0.786. The van der Waals surface area contributed by atoms with Crippen LogP contribution >= 0.6 is 0 Å². The molecule has 1 atom stereocenters. The van der Waals surface area contributed by atoms with Gasteiger partial charge in [0, 0.05) is 25.9 Å². The average molecular weight is 360 g/mol. The van der Waals surface area contributed by atoms with E-state index in [9.17, 15) is 22.8 Å². The quantitative estimate of drug-likeness (QED) is 0.707. The van der Waals surface area contributed by atoms with Crippen molar-refractivity contribution in [1.82, 2.24) is 9.80 Å². The van der Waals surface area contributed by atoms with Crippen LogP contribution in [0.2, 0.25) is 0 Å². The zero-order valence-electron chi connectivity index (χ0n) is 13.1. The van der Waals surface area contributed by atoms with Crippen LogP contribution in [0.25, 0.3) is 0 Å². The van der Waals surface area contributed by atoms with Crippen molar-refractivity contribution in [3.05, 3.63) is 0 Å². The molecule has 2 amide bonds. The van der Waals surface area contributed by atoms with Crippen molar-refractivity contribution in [3.63, 3.8) is 0 Å². The lowest BCUT2D eigenvalue weighted by Gasteiger charge is -2.38. The van der Waals surface area contributed by atoms with E-state index in [0.29, 0.717) is 32.4 Å². The van der Waals surface area contributed by atoms with Gasteiger partial charge in [-0.15, -0.1) is 0 Å². The molecule has 134 valence electrons. The molecular formula is C14H20N2O7S. The Hall–Kier alpha value is -1.84. The van der Waals surface area contributed by atoms with E-state index in [1.165, 1.54) is 0 Å². The number of aliphatic carboxylic acids is 1. The van der Waals surface area contributed by atoms with Crippen molar-refractivity contribution < 1.29 is 32.6 Å². The highest BCUT2D eigenvalue weighted by Gasteiger charge is 2.48. The molecule has 0 aromatic carbocycles. The van der Waals surface area contributed by atoms with E-state index < -0.39 is 40.0 Å². The largest absolute Gasteiger partial charge is 0.480 e. The summed E-state index contributed by atoms with van der Waals surface area (Å²) in [5.41, 5.74) is -0.745. The third-order valence-corrected chi connectivity index (χ3v) is 6.70. The lowest BCUT2D eigenvalue weighted by atomic mass is 9.90. The normalized spacial score (nSPS) is 28.2. The summed E-state index contributed by atoms with van der Waals surface area (Å²) in [4.78, 5) is 37.8. The molecule has 0 aromatic heterocycles. The molecule has 0 saturated carbocycles. The third-order valence-electron chi connectivity index (χ3n) is 4.94. The molecule has 9 nitrogen and oxygen atoms in total. The Bertz CT molecular complexity index is 667. The number of carboxylic acids is 1. The van der Waals surface area contributed by atoms with Gasteiger partial charge in [0.05, 0.1) is 24.0 Å². The first-order chi connectivity index (χ1) is 11.2. The third kappa shape index (κ3) is 3.33. The van der Waals surface area contributed by atoms with E-state index in [4.69, 9.17) is 9.84 Å². The van der Waals surface area contributed by atoms with E-state index in [1.54, 1.807) is 4.90 Å². The van der Waals surface area contributed by atoms with Crippen LogP contribution < -0.4 is 0 Å². The number of carbonyl (C=O) groups is 3. The number of hydrogen-bond donors (Lipinski definition) is 1. The molecule has 0 unspecified atom stereocenters. The Morgan fingerprint density at radius 3 is 2.50 bits per heavy atom. The van der Waals surface area contributed by atoms with Crippen molar-refractivity contribution in [2.45, 2.75) is 24.9 Å². The number of sulfone groups is 1. The van der Waals surface area contributed by atoms with Gasteiger partial charge in [-0.1, -0.05) is 0 Å². The minimum absolute atomic E-state index is 0.0585. The molecule has 3 aliphatic rings. The molecular weight excluding hydrogens is 340 g/mol. The molecule has 3 aliphatic heterocycles. The maximum absolute atomic E-state index is 12.4. The Balaban J connectivity index is 1.57. The second-order valence-electron chi connectivity index (χ2n) is 6.73. The highest BCUT2D eigenvalue weighted by Crippen LogP contribution is 2.34. The van der Waals surface area contributed by atoms with E-state index in [-0.39, 0.29) is 24.0 Å². The van der Waals surface area contributed by atoms with E-state index in [0.717, 1.165) is 4.90 Å². The number of rotatable bonds is 3. The van der Waals surface area contributed by atoms with Gasteiger partial charge in [-0.2, -0.15) is 0 Å². The van der Waals surface area contributed by atoms with Crippen LogP contribution in [0.1, 0.15) is 19.3 Å². The zero-order chi connectivity index (χ0) is 17.5. The average Bonchev–Trinajstić information content (AvgIpc) is 2.99. The van der Waals surface area contributed by atoms with Crippen LogP contribution in [-0.2, 0) is 24.2 Å². The summed E-state index contributed by atoms with van der Waals surface area (Å²) in [6.07, 6.45) is 0.587. The van der Waals surface area contributed by atoms with Crippen LogP contribution in [0.15, 0.2) is 0 Å². The first-order valence-corrected chi connectivity index (χ1v) is 9.71. The Labute approximate surface area is 139 Å². The highest BCUT2D eigenvalue weighted by molar-refractivity contribution is 7.91. The van der Waals surface area contributed by atoms with Gasteiger partial charge in [0.25, 0.3) is 0 Å². The monoisotopic (exact) mass is 360 g/mol. The fourth-order valence-electron chi connectivity index (χ4n) is 3.62. The van der Waals surface area contributed by atoms with Crippen LogP contribution in [-0.4, -0.2) is 84.6 Å². The van der Waals surface area contributed by atoms with Crippen LogP contribution in [0.5, 0.6) is 0 Å². The maximum atomic E-state index is 12.4. The number of carboxylic acid groups (broad SMARTS) is 1. The van der Waals surface area contributed by atoms with Crippen LogP contribution in [0.3, 0.4) is 0 Å². The van der Waals surface area contributed by atoms with Gasteiger partial charge in [0.15, 0.2) is 9.84 Å². The summed E-state index contributed by atoms with van der Waals surface area (Å²) >= 11 is 0. The molecule has 0 radical (unpaired) electrons. The smallest absolute Gasteiger partial charge is 0.411 e. The van der Waals surface area contributed by atoms with Gasteiger partial charge in [-0.3, -0.25) is 14.5 Å². The molecule has 24 heavy (non-hydrogen) atoms. The number of likely N-dealkylation sites (tertiary alicyclic amines) is 1.